The summed E-state index contributed by atoms with van der Waals surface area (Å²) in [7, 11) is -3.60. The third-order valence-corrected chi connectivity index (χ3v) is 4.53. The van der Waals surface area contributed by atoms with Crippen LogP contribution in [0.1, 0.15) is 11.7 Å². The molecule has 0 unspecified atom stereocenters. The highest BCUT2D eigenvalue weighted by atomic mass is 79.9. The molecule has 1 aromatic heterocycles. The van der Waals surface area contributed by atoms with Gasteiger partial charge in [-0.05, 0) is 28.1 Å². The predicted octanol–water partition coefficient (Wildman–Crippen LogP) is 1.62. The zero-order valence-corrected chi connectivity index (χ0v) is 11.8. The van der Waals surface area contributed by atoms with E-state index in [4.69, 9.17) is 4.52 Å². The molecule has 8 heteroatoms. The predicted molar refractivity (Wildman–Crippen MR) is 67.2 cm³/mol. The van der Waals surface area contributed by atoms with Gasteiger partial charge in [0.05, 0.1) is 11.4 Å². The summed E-state index contributed by atoms with van der Waals surface area (Å²) in [5, 5.41) is 3.61. The molecule has 2 rings (SSSR count). The number of nitrogens with one attached hydrogen (secondary N) is 1. The molecular formula is C10H10BrN3O3S. The number of benzene rings is 1. The quantitative estimate of drug-likeness (QED) is 0.920. The van der Waals surface area contributed by atoms with E-state index in [2.05, 4.69) is 30.8 Å². The molecule has 1 heterocycles. The normalized spacial score (nSPS) is 11.7. The van der Waals surface area contributed by atoms with Gasteiger partial charge in [-0.1, -0.05) is 17.3 Å². The van der Waals surface area contributed by atoms with Crippen LogP contribution in [0, 0.1) is 6.92 Å². The van der Waals surface area contributed by atoms with Crippen LogP contribution in [0.2, 0.25) is 0 Å². The Hall–Kier alpha value is -1.25. The minimum atomic E-state index is -3.60. The maximum absolute atomic E-state index is 12.0. The Morgan fingerprint density at radius 2 is 2.11 bits per heavy atom. The summed E-state index contributed by atoms with van der Waals surface area (Å²) in [6.07, 6.45) is 0. The number of halogens is 1. The molecule has 0 bridgehead atoms. The number of aromatic nitrogens is 2. The van der Waals surface area contributed by atoms with Gasteiger partial charge >= 0.3 is 0 Å². The first-order valence-electron chi connectivity index (χ1n) is 5.02. The van der Waals surface area contributed by atoms with Crippen LogP contribution in [-0.4, -0.2) is 18.6 Å². The molecule has 0 saturated carbocycles. The van der Waals surface area contributed by atoms with Crippen molar-refractivity contribution in [2.75, 3.05) is 0 Å². The van der Waals surface area contributed by atoms with Crippen molar-refractivity contribution < 1.29 is 12.9 Å². The van der Waals surface area contributed by atoms with E-state index >= 15 is 0 Å². The summed E-state index contributed by atoms with van der Waals surface area (Å²) < 4.78 is 31.7. The summed E-state index contributed by atoms with van der Waals surface area (Å²) >= 11 is 3.19. The molecule has 6 nitrogen and oxygen atoms in total. The Labute approximate surface area is 113 Å². The lowest BCUT2D eigenvalue weighted by Gasteiger charge is -2.06. The van der Waals surface area contributed by atoms with Crippen LogP contribution in [0.3, 0.4) is 0 Å². The van der Waals surface area contributed by atoms with Crippen LogP contribution >= 0.6 is 15.9 Å². The first kappa shape index (κ1) is 13.2. The molecule has 1 aromatic carbocycles. The Morgan fingerprint density at radius 1 is 1.39 bits per heavy atom. The maximum atomic E-state index is 12.0. The Morgan fingerprint density at radius 3 is 2.72 bits per heavy atom. The molecule has 96 valence electrons. The fourth-order valence-electron chi connectivity index (χ4n) is 1.31. The second kappa shape index (κ2) is 5.17. The molecule has 2 aromatic rings. The van der Waals surface area contributed by atoms with Gasteiger partial charge in [0, 0.05) is 11.4 Å². The van der Waals surface area contributed by atoms with Gasteiger partial charge in [0.15, 0.2) is 5.82 Å². The fourth-order valence-corrected chi connectivity index (χ4v) is 3.29. The SMILES string of the molecule is Cc1nc(CNS(=O)(=O)c2ccccc2Br)no1. The van der Waals surface area contributed by atoms with E-state index in [-0.39, 0.29) is 11.4 Å². The van der Waals surface area contributed by atoms with Gasteiger partial charge in [-0.2, -0.15) is 4.98 Å². The molecular weight excluding hydrogens is 322 g/mol. The molecule has 0 aliphatic carbocycles. The molecule has 0 saturated heterocycles. The van der Waals surface area contributed by atoms with Gasteiger partial charge in [-0.15, -0.1) is 0 Å². The third kappa shape index (κ3) is 2.95. The van der Waals surface area contributed by atoms with E-state index in [0.717, 1.165) is 0 Å². The summed E-state index contributed by atoms with van der Waals surface area (Å²) in [4.78, 5) is 4.08. The summed E-state index contributed by atoms with van der Waals surface area (Å²) in [6, 6.07) is 6.56. The van der Waals surface area contributed by atoms with Crippen molar-refractivity contribution in [3.8, 4) is 0 Å². The number of sulfonamides is 1. The van der Waals surface area contributed by atoms with Crippen molar-refractivity contribution in [2.24, 2.45) is 0 Å². The molecule has 0 amide bonds. The van der Waals surface area contributed by atoms with Gasteiger partial charge in [-0.3, -0.25) is 0 Å². The monoisotopic (exact) mass is 331 g/mol. The zero-order chi connectivity index (χ0) is 13.2. The molecule has 1 N–H and O–H groups in total. The largest absolute Gasteiger partial charge is 0.340 e. The zero-order valence-electron chi connectivity index (χ0n) is 9.42. The lowest BCUT2D eigenvalue weighted by atomic mass is 10.4. The van der Waals surface area contributed by atoms with E-state index in [1.165, 1.54) is 6.07 Å². The summed E-state index contributed by atoms with van der Waals surface area (Å²) in [5.41, 5.74) is 0. The second-order valence-corrected chi connectivity index (χ2v) is 6.07. The van der Waals surface area contributed by atoms with Crippen LogP contribution in [0.5, 0.6) is 0 Å². The summed E-state index contributed by atoms with van der Waals surface area (Å²) in [6.45, 7) is 1.62. The Bertz CT molecular complexity index is 654. The van der Waals surface area contributed by atoms with Crippen LogP contribution in [0.4, 0.5) is 0 Å². The van der Waals surface area contributed by atoms with E-state index in [9.17, 15) is 8.42 Å². The van der Waals surface area contributed by atoms with Crippen LogP contribution < -0.4 is 4.72 Å². The standard InChI is InChI=1S/C10H10BrN3O3S/c1-7-13-10(14-17-7)6-12-18(15,16)9-5-3-2-4-8(9)11/h2-5,12H,6H2,1H3. The highest BCUT2D eigenvalue weighted by molar-refractivity contribution is 9.10. The first-order chi connectivity index (χ1) is 8.49. The smallest absolute Gasteiger partial charge is 0.242 e. The van der Waals surface area contributed by atoms with E-state index in [1.807, 2.05) is 0 Å². The minimum absolute atomic E-state index is 0.0129. The summed E-state index contributed by atoms with van der Waals surface area (Å²) in [5.74, 6) is 0.688. The lowest BCUT2D eigenvalue weighted by Crippen LogP contribution is -2.24. The number of hydrogen-bond acceptors (Lipinski definition) is 5. The van der Waals surface area contributed by atoms with E-state index in [1.54, 1.807) is 25.1 Å². The van der Waals surface area contributed by atoms with Crippen molar-refractivity contribution >= 4 is 26.0 Å². The van der Waals surface area contributed by atoms with Gasteiger partial charge < -0.3 is 4.52 Å². The molecule has 0 radical (unpaired) electrons. The Balaban J connectivity index is 2.16. The maximum Gasteiger partial charge on any atom is 0.242 e. The van der Waals surface area contributed by atoms with Crippen LogP contribution in [0.15, 0.2) is 38.2 Å². The van der Waals surface area contributed by atoms with Crippen LogP contribution in [-0.2, 0) is 16.6 Å². The van der Waals surface area contributed by atoms with Crippen LogP contribution in [0.25, 0.3) is 0 Å². The van der Waals surface area contributed by atoms with Gasteiger partial charge in [0.2, 0.25) is 15.9 Å². The molecule has 0 atom stereocenters. The van der Waals surface area contributed by atoms with Crippen molar-refractivity contribution in [3.63, 3.8) is 0 Å². The third-order valence-electron chi connectivity index (χ3n) is 2.12. The lowest BCUT2D eigenvalue weighted by molar-refractivity contribution is 0.387. The minimum Gasteiger partial charge on any atom is -0.340 e. The highest BCUT2D eigenvalue weighted by Crippen LogP contribution is 2.20. The van der Waals surface area contributed by atoms with Crippen molar-refractivity contribution in [2.45, 2.75) is 18.4 Å². The molecule has 18 heavy (non-hydrogen) atoms. The molecule has 0 fully saturated rings. The average Bonchev–Trinajstić information content (AvgIpc) is 2.73. The first-order valence-corrected chi connectivity index (χ1v) is 7.30. The highest BCUT2D eigenvalue weighted by Gasteiger charge is 2.17. The number of hydrogen-bond donors (Lipinski definition) is 1. The Kier molecular flexibility index (Phi) is 3.79. The molecule has 0 aliphatic heterocycles. The molecule has 0 spiro atoms. The van der Waals surface area contributed by atoms with Gasteiger partial charge in [-0.25, -0.2) is 13.1 Å². The van der Waals surface area contributed by atoms with Crippen molar-refractivity contribution in [3.05, 3.63) is 40.5 Å². The van der Waals surface area contributed by atoms with Gasteiger partial charge in [0.25, 0.3) is 0 Å². The van der Waals surface area contributed by atoms with E-state index < -0.39 is 10.0 Å². The fraction of sp³-hybridized carbons (Fsp3) is 0.200. The number of rotatable bonds is 4. The van der Waals surface area contributed by atoms with Crippen molar-refractivity contribution in [1.29, 1.82) is 0 Å². The second-order valence-electron chi connectivity index (χ2n) is 3.48. The van der Waals surface area contributed by atoms with E-state index in [0.29, 0.717) is 16.2 Å². The topological polar surface area (TPSA) is 85.1 Å². The number of aryl methyl sites for hydroxylation is 1. The molecule has 0 aliphatic rings. The van der Waals surface area contributed by atoms with Gasteiger partial charge in [0.1, 0.15) is 0 Å². The average molecular weight is 332 g/mol. The number of nitrogens with zero attached hydrogens (tertiary/aromatic N) is 2. The van der Waals surface area contributed by atoms with Crippen molar-refractivity contribution in [1.82, 2.24) is 14.9 Å².